The highest BCUT2D eigenvalue weighted by atomic mass is 16.5. The molecule has 1 aromatic heterocycles. The molecule has 2 heterocycles. The van der Waals surface area contributed by atoms with E-state index in [4.69, 9.17) is 9.15 Å². The standard InChI is InChI=1S/C15H24O3/c1-9-7-11(10(2)17-9)13(16)12-8-14(3,4)18-15(12,5)6/h7,12-13,16H,8H2,1-6H3. The van der Waals surface area contributed by atoms with Crippen molar-refractivity contribution in [3.63, 3.8) is 0 Å². The van der Waals surface area contributed by atoms with E-state index in [-0.39, 0.29) is 17.1 Å². The van der Waals surface area contributed by atoms with Crippen LogP contribution in [0.25, 0.3) is 0 Å². The second kappa shape index (κ2) is 4.10. The maximum atomic E-state index is 10.6. The van der Waals surface area contributed by atoms with Gasteiger partial charge in [-0.3, -0.25) is 0 Å². The van der Waals surface area contributed by atoms with Crippen molar-refractivity contribution in [3.8, 4) is 0 Å². The van der Waals surface area contributed by atoms with Gasteiger partial charge in [0.25, 0.3) is 0 Å². The molecule has 2 unspecified atom stereocenters. The largest absolute Gasteiger partial charge is 0.466 e. The molecule has 0 aromatic carbocycles. The van der Waals surface area contributed by atoms with Crippen molar-refractivity contribution in [2.24, 2.45) is 5.92 Å². The van der Waals surface area contributed by atoms with Gasteiger partial charge in [-0.15, -0.1) is 0 Å². The van der Waals surface area contributed by atoms with Gasteiger partial charge in [-0.2, -0.15) is 0 Å². The lowest BCUT2D eigenvalue weighted by Gasteiger charge is -2.30. The number of aliphatic hydroxyl groups excluding tert-OH is 1. The number of ether oxygens (including phenoxy) is 1. The highest BCUT2D eigenvalue weighted by Gasteiger charge is 2.49. The van der Waals surface area contributed by atoms with E-state index >= 15 is 0 Å². The van der Waals surface area contributed by atoms with Gasteiger partial charge < -0.3 is 14.3 Å². The zero-order valence-corrected chi connectivity index (χ0v) is 12.2. The van der Waals surface area contributed by atoms with Gasteiger partial charge in [0.2, 0.25) is 0 Å². The first-order valence-corrected chi connectivity index (χ1v) is 6.57. The molecule has 0 amide bonds. The number of hydrogen-bond acceptors (Lipinski definition) is 3. The fraction of sp³-hybridized carbons (Fsp3) is 0.733. The molecule has 1 aliphatic heterocycles. The van der Waals surface area contributed by atoms with Crippen LogP contribution in [-0.4, -0.2) is 16.3 Å². The van der Waals surface area contributed by atoms with Crippen molar-refractivity contribution in [1.82, 2.24) is 0 Å². The molecule has 3 nitrogen and oxygen atoms in total. The first-order valence-electron chi connectivity index (χ1n) is 6.57. The van der Waals surface area contributed by atoms with Crippen molar-refractivity contribution < 1.29 is 14.3 Å². The van der Waals surface area contributed by atoms with Crippen LogP contribution in [0.15, 0.2) is 10.5 Å². The van der Waals surface area contributed by atoms with E-state index in [2.05, 4.69) is 27.7 Å². The number of aryl methyl sites for hydroxylation is 2. The lowest BCUT2D eigenvalue weighted by atomic mass is 9.80. The third kappa shape index (κ3) is 2.34. The van der Waals surface area contributed by atoms with Gasteiger partial charge in [-0.1, -0.05) is 0 Å². The summed E-state index contributed by atoms with van der Waals surface area (Å²) in [6, 6.07) is 1.93. The minimum absolute atomic E-state index is 0.0863. The van der Waals surface area contributed by atoms with Crippen molar-refractivity contribution in [2.45, 2.75) is 65.3 Å². The first kappa shape index (κ1) is 13.6. The predicted molar refractivity (Wildman–Crippen MR) is 70.5 cm³/mol. The van der Waals surface area contributed by atoms with Crippen LogP contribution in [0.4, 0.5) is 0 Å². The molecule has 0 aliphatic carbocycles. The Bertz CT molecular complexity index is 443. The van der Waals surface area contributed by atoms with Crippen LogP contribution in [0.3, 0.4) is 0 Å². The molecule has 1 N–H and O–H groups in total. The van der Waals surface area contributed by atoms with Gasteiger partial charge in [-0.25, -0.2) is 0 Å². The first-order chi connectivity index (χ1) is 8.12. The molecule has 1 fully saturated rings. The lowest BCUT2D eigenvalue weighted by molar-refractivity contribution is -0.0881. The van der Waals surface area contributed by atoms with Crippen LogP contribution in [0, 0.1) is 19.8 Å². The summed E-state index contributed by atoms with van der Waals surface area (Å²) in [7, 11) is 0. The summed E-state index contributed by atoms with van der Waals surface area (Å²) in [5.41, 5.74) is 0.398. The van der Waals surface area contributed by atoms with Gasteiger partial charge in [0.15, 0.2) is 0 Å². The van der Waals surface area contributed by atoms with E-state index in [1.54, 1.807) is 0 Å². The minimum atomic E-state index is -0.528. The van der Waals surface area contributed by atoms with Crippen molar-refractivity contribution in [2.75, 3.05) is 0 Å². The van der Waals surface area contributed by atoms with Gasteiger partial charge in [0.1, 0.15) is 11.5 Å². The van der Waals surface area contributed by atoms with Crippen LogP contribution in [-0.2, 0) is 4.74 Å². The van der Waals surface area contributed by atoms with Crippen molar-refractivity contribution >= 4 is 0 Å². The Kier molecular flexibility index (Phi) is 3.11. The molecule has 0 saturated carbocycles. The summed E-state index contributed by atoms with van der Waals surface area (Å²) in [5.74, 6) is 1.74. The van der Waals surface area contributed by atoms with Crippen molar-refractivity contribution in [3.05, 3.63) is 23.2 Å². The second-order valence-corrected chi connectivity index (χ2v) is 6.59. The number of hydrogen-bond donors (Lipinski definition) is 1. The molecular formula is C15H24O3. The van der Waals surface area contributed by atoms with Crippen molar-refractivity contribution in [1.29, 1.82) is 0 Å². The fourth-order valence-electron chi connectivity index (χ4n) is 3.26. The summed E-state index contributed by atoms with van der Waals surface area (Å²) in [6.45, 7) is 12.1. The quantitative estimate of drug-likeness (QED) is 0.875. The Hall–Kier alpha value is -0.800. The lowest BCUT2D eigenvalue weighted by Crippen LogP contribution is -2.32. The molecule has 0 bridgehead atoms. The van der Waals surface area contributed by atoms with Gasteiger partial charge >= 0.3 is 0 Å². The Labute approximate surface area is 109 Å². The normalized spacial score (nSPS) is 27.4. The van der Waals surface area contributed by atoms with Crippen LogP contribution < -0.4 is 0 Å². The molecule has 2 rings (SSSR count). The Morgan fingerprint density at radius 1 is 1.28 bits per heavy atom. The molecule has 1 saturated heterocycles. The maximum Gasteiger partial charge on any atom is 0.106 e. The Balaban J connectivity index is 2.29. The number of furan rings is 1. The maximum absolute atomic E-state index is 10.6. The summed E-state index contributed by atoms with van der Waals surface area (Å²) in [4.78, 5) is 0. The van der Waals surface area contributed by atoms with E-state index in [9.17, 15) is 5.11 Å². The molecule has 3 heteroatoms. The molecular weight excluding hydrogens is 228 g/mol. The van der Waals surface area contributed by atoms with Gasteiger partial charge in [0.05, 0.1) is 17.3 Å². The van der Waals surface area contributed by atoms with Gasteiger partial charge in [0, 0.05) is 11.5 Å². The monoisotopic (exact) mass is 252 g/mol. The summed E-state index contributed by atoms with van der Waals surface area (Å²) in [6.07, 6.45) is 0.324. The van der Waals surface area contributed by atoms with E-state index in [1.165, 1.54) is 0 Å². The van der Waals surface area contributed by atoms with E-state index in [0.29, 0.717) is 0 Å². The summed E-state index contributed by atoms with van der Waals surface area (Å²) in [5, 5.41) is 10.6. The average Bonchev–Trinajstić information content (AvgIpc) is 2.61. The smallest absolute Gasteiger partial charge is 0.106 e. The summed E-state index contributed by atoms with van der Waals surface area (Å²) < 4.78 is 11.6. The highest BCUT2D eigenvalue weighted by Crippen LogP contribution is 2.48. The van der Waals surface area contributed by atoms with E-state index in [0.717, 1.165) is 23.5 Å². The van der Waals surface area contributed by atoms with Crippen LogP contribution >= 0.6 is 0 Å². The van der Waals surface area contributed by atoms with E-state index < -0.39 is 6.10 Å². The summed E-state index contributed by atoms with van der Waals surface area (Å²) >= 11 is 0. The molecule has 18 heavy (non-hydrogen) atoms. The molecule has 1 aliphatic rings. The van der Waals surface area contributed by atoms with Gasteiger partial charge in [-0.05, 0) is 54.0 Å². The fourth-order valence-corrected chi connectivity index (χ4v) is 3.26. The molecule has 0 radical (unpaired) electrons. The second-order valence-electron chi connectivity index (χ2n) is 6.59. The average molecular weight is 252 g/mol. The Morgan fingerprint density at radius 2 is 1.89 bits per heavy atom. The zero-order valence-electron chi connectivity index (χ0n) is 12.2. The molecule has 0 spiro atoms. The third-order valence-electron chi connectivity index (χ3n) is 3.92. The topological polar surface area (TPSA) is 42.6 Å². The SMILES string of the molecule is Cc1cc(C(O)C2CC(C)(C)OC2(C)C)c(C)o1. The van der Waals surface area contributed by atoms with E-state index in [1.807, 2.05) is 19.9 Å². The minimum Gasteiger partial charge on any atom is -0.466 e. The van der Waals surface area contributed by atoms with Crippen LogP contribution in [0.5, 0.6) is 0 Å². The molecule has 2 atom stereocenters. The highest BCUT2D eigenvalue weighted by molar-refractivity contribution is 5.24. The van der Waals surface area contributed by atoms with Crippen LogP contribution in [0.2, 0.25) is 0 Å². The zero-order chi connectivity index (χ0) is 13.7. The number of aliphatic hydroxyl groups is 1. The Morgan fingerprint density at radius 3 is 2.28 bits per heavy atom. The predicted octanol–water partition coefficient (Wildman–Crippen LogP) is 3.52. The molecule has 1 aromatic rings. The number of rotatable bonds is 2. The van der Waals surface area contributed by atoms with Crippen LogP contribution in [0.1, 0.15) is 57.3 Å². The molecule has 102 valence electrons. The third-order valence-corrected chi connectivity index (χ3v) is 3.92.